The Morgan fingerprint density at radius 2 is 2.00 bits per heavy atom. The summed E-state index contributed by atoms with van der Waals surface area (Å²) in [7, 11) is 0. The number of carboxylic acid groups (broad SMARTS) is 1. The molecule has 4 heteroatoms. The van der Waals surface area contributed by atoms with E-state index < -0.39 is 12.0 Å². The lowest BCUT2D eigenvalue weighted by Crippen LogP contribution is -2.51. The zero-order valence-electron chi connectivity index (χ0n) is 9.90. The van der Waals surface area contributed by atoms with Crippen LogP contribution in [0.5, 0.6) is 0 Å². The van der Waals surface area contributed by atoms with Gasteiger partial charge in [0.15, 0.2) is 0 Å². The van der Waals surface area contributed by atoms with E-state index in [0.717, 1.165) is 0 Å². The third kappa shape index (κ3) is 2.69. The van der Waals surface area contributed by atoms with Gasteiger partial charge in [0, 0.05) is 12.6 Å². The highest BCUT2D eigenvalue weighted by Crippen LogP contribution is 2.30. The van der Waals surface area contributed by atoms with Crippen LogP contribution >= 0.6 is 0 Å². The van der Waals surface area contributed by atoms with Crippen molar-refractivity contribution in [2.45, 2.75) is 52.3 Å². The molecule has 0 aromatic heterocycles. The molecular formula is C11H21NO3. The summed E-state index contributed by atoms with van der Waals surface area (Å²) in [6.45, 7) is 8.20. The van der Waals surface area contributed by atoms with Crippen molar-refractivity contribution < 1.29 is 15.0 Å². The Balaban J connectivity index is 2.86. The molecule has 1 fully saturated rings. The molecular weight excluding hydrogens is 194 g/mol. The molecule has 3 unspecified atom stereocenters. The smallest absolute Gasteiger partial charge is 0.321 e. The summed E-state index contributed by atoms with van der Waals surface area (Å²) in [6.07, 6.45) is 0.282. The molecule has 4 nitrogen and oxygen atoms in total. The van der Waals surface area contributed by atoms with Gasteiger partial charge in [-0.1, -0.05) is 20.8 Å². The number of aliphatic hydroxyl groups is 1. The molecule has 0 bridgehead atoms. The van der Waals surface area contributed by atoms with Gasteiger partial charge >= 0.3 is 5.97 Å². The Bertz CT molecular complexity index is 247. The fourth-order valence-corrected chi connectivity index (χ4v) is 2.40. The van der Waals surface area contributed by atoms with Crippen LogP contribution in [-0.2, 0) is 4.79 Å². The Morgan fingerprint density at radius 3 is 2.27 bits per heavy atom. The molecule has 0 spiro atoms. The molecule has 0 saturated carbocycles. The second-order valence-electron chi connectivity index (χ2n) is 5.54. The van der Waals surface area contributed by atoms with Gasteiger partial charge in [0.05, 0.1) is 6.10 Å². The van der Waals surface area contributed by atoms with Gasteiger partial charge in [-0.2, -0.15) is 0 Å². The predicted octanol–water partition coefficient (Wildman–Crippen LogP) is 0.941. The predicted molar refractivity (Wildman–Crippen MR) is 57.7 cm³/mol. The van der Waals surface area contributed by atoms with E-state index in [0.29, 0.717) is 13.0 Å². The molecule has 1 aliphatic rings. The fraction of sp³-hybridized carbons (Fsp3) is 0.909. The molecule has 0 aliphatic carbocycles. The molecule has 15 heavy (non-hydrogen) atoms. The number of hydrogen-bond donors (Lipinski definition) is 2. The standard InChI is InChI=1S/C11H21NO3/c1-7-5-8(13)6-12(7)9(10(14)15)11(2,3)4/h7-9,13H,5-6H2,1-4H3,(H,14,15). The van der Waals surface area contributed by atoms with Gasteiger partial charge in [-0.25, -0.2) is 0 Å². The number of carboxylic acids is 1. The largest absolute Gasteiger partial charge is 0.480 e. The molecule has 0 radical (unpaired) electrons. The second-order valence-corrected chi connectivity index (χ2v) is 5.54. The highest BCUT2D eigenvalue weighted by atomic mass is 16.4. The van der Waals surface area contributed by atoms with Gasteiger partial charge < -0.3 is 10.2 Å². The zero-order chi connectivity index (χ0) is 11.8. The minimum Gasteiger partial charge on any atom is -0.480 e. The first kappa shape index (κ1) is 12.5. The van der Waals surface area contributed by atoms with Gasteiger partial charge in [0.1, 0.15) is 6.04 Å². The third-order valence-corrected chi connectivity index (χ3v) is 2.99. The molecule has 0 aromatic carbocycles. The van der Waals surface area contributed by atoms with E-state index in [-0.39, 0.29) is 17.6 Å². The maximum Gasteiger partial charge on any atom is 0.321 e. The molecule has 1 aliphatic heterocycles. The number of rotatable bonds is 2. The monoisotopic (exact) mass is 215 g/mol. The highest BCUT2D eigenvalue weighted by Gasteiger charge is 2.42. The summed E-state index contributed by atoms with van der Waals surface area (Å²) >= 11 is 0. The first-order chi connectivity index (χ1) is 6.73. The summed E-state index contributed by atoms with van der Waals surface area (Å²) in [5, 5.41) is 18.8. The number of aliphatic hydroxyl groups excluding tert-OH is 1. The second kappa shape index (κ2) is 4.10. The van der Waals surface area contributed by atoms with Crippen LogP contribution in [0.25, 0.3) is 0 Å². The molecule has 2 N–H and O–H groups in total. The average Bonchev–Trinajstić information content (AvgIpc) is 2.26. The quantitative estimate of drug-likeness (QED) is 0.719. The lowest BCUT2D eigenvalue weighted by atomic mass is 9.85. The Labute approximate surface area is 90.9 Å². The zero-order valence-corrected chi connectivity index (χ0v) is 9.90. The van der Waals surface area contributed by atoms with Crippen molar-refractivity contribution in [1.82, 2.24) is 4.90 Å². The third-order valence-electron chi connectivity index (χ3n) is 2.99. The number of hydrogen-bond acceptors (Lipinski definition) is 3. The van der Waals surface area contributed by atoms with Crippen molar-refractivity contribution in [3.63, 3.8) is 0 Å². The van der Waals surface area contributed by atoms with Crippen LogP contribution in [0.4, 0.5) is 0 Å². The Hall–Kier alpha value is -0.610. The van der Waals surface area contributed by atoms with E-state index in [2.05, 4.69) is 0 Å². The molecule has 1 heterocycles. The molecule has 1 saturated heterocycles. The molecule has 3 atom stereocenters. The van der Waals surface area contributed by atoms with Gasteiger partial charge in [-0.15, -0.1) is 0 Å². The maximum absolute atomic E-state index is 11.3. The summed E-state index contributed by atoms with van der Waals surface area (Å²) < 4.78 is 0. The lowest BCUT2D eigenvalue weighted by molar-refractivity contribution is -0.148. The van der Waals surface area contributed by atoms with Crippen molar-refractivity contribution >= 4 is 5.97 Å². The number of nitrogens with zero attached hydrogens (tertiary/aromatic N) is 1. The Kier molecular flexibility index (Phi) is 3.41. The van der Waals surface area contributed by atoms with Crippen molar-refractivity contribution in [2.24, 2.45) is 5.41 Å². The van der Waals surface area contributed by atoms with Crippen molar-refractivity contribution in [3.8, 4) is 0 Å². The topological polar surface area (TPSA) is 60.8 Å². The van der Waals surface area contributed by atoms with Gasteiger partial charge in [-0.05, 0) is 18.8 Å². The van der Waals surface area contributed by atoms with E-state index >= 15 is 0 Å². The summed E-state index contributed by atoms with van der Waals surface area (Å²) in [6, 6.07) is -0.384. The van der Waals surface area contributed by atoms with Crippen LogP contribution in [-0.4, -0.2) is 45.8 Å². The molecule has 0 amide bonds. The molecule has 1 rings (SSSR count). The first-order valence-corrected chi connectivity index (χ1v) is 5.40. The van der Waals surface area contributed by atoms with Crippen LogP contribution in [0.3, 0.4) is 0 Å². The van der Waals surface area contributed by atoms with E-state index in [4.69, 9.17) is 0 Å². The van der Waals surface area contributed by atoms with Gasteiger partial charge in [-0.3, -0.25) is 9.69 Å². The molecule has 88 valence electrons. The van der Waals surface area contributed by atoms with E-state index in [1.807, 2.05) is 32.6 Å². The number of carbonyl (C=O) groups is 1. The fourth-order valence-electron chi connectivity index (χ4n) is 2.40. The first-order valence-electron chi connectivity index (χ1n) is 5.40. The van der Waals surface area contributed by atoms with E-state index in [9.17, 15) is 15.0 Å². The number of β-amino-alcohol motifs (C(OH)–C–C–N with tert-alkyl or cyclic N) is 1. The van der Waals surface area contributed by atoms with Crippen LogP contribution in [0, 0.1) is 5.41 Å². The summed E-state index contributed by atoms with van der Waals surface area (Å²) in [5.74, 6) is -0.802. The molecule has 0 aromatic rings. The van der Waals surface area contributed by atoms with Crippen molar-refractivity contribution in [1.29, 1.82) is 0 Å². The van der Waals surface area contributed by atoms with Crippen molar-refractivity contribution in [3.05, 3.63) is 0 Å². The number of likely N-dealkylation sites (tertiary alicyclic amines) is 1. The van der Waals surface area contributed by atoms with E-state index in [1.54, 1.807) is 0 Å². The highest BCUT2D eigenvalue weighted by molar-refractivity contribution is 5.74. The van der Waals surface area contributed by atoms with E-state index in [1.165, 1.54) is 0 Å². The van der Waals surface area contributed by atoms with Crippen LogP contribution < -0.4 is 0 Å². The van der Waals surface area contributed by atoms with Crippen LogP contribution in [0.15, 0.2) is 0 Å². The minimum atomic E-state index is -0.802. The summed E-state index contributed by atoms with van der Waals surface area (Å²) in [4.78, 5) is 13.2. The van der Waals surface area contributed by atoms with Crippen molar-refractivity contribution in [2.75, 3.05) is 6.54 Å². The Morgan fingerprint density at radius 1 is 1.47 bits per heavy atom. The SMILES string of the molecule is CC1CC(O)CN1C(C(=O)O)C(C)(C)C. The van der Waals surface area contributed by atoms with Crippen LogP contribution in [0.1, 0.15) is 34.1 Å². The average molecular weight is 215 g/mol. The normalized spacial score (nSPS) is 30.5. The minimum absolute atomic E-state index is 0.139. The van der Waals surface area contributed by atoms with Gasteiger partial charge in [0.25, 0.3) is 0 Å². The van der Waals surface area contributed by atoms with Crippen LogP contribution in [0.2, 0.25) is 0 Å². The number of aliphatic carboxylic acids is 1. The van der Waals surface area contributed by atoms with Gasteiger partial charge in [0.2, 0.25) is 0 Å². The summed E-state index contributed by atoms with van der Waals surface area (Å²) in [5.41, 5.74) is -0.315. The lowest BCUT2D eigenvalue weighted by Gasteiger charge is -2.37. The maximum atomic E-state index is 11.3.